The molecule has 4 heteroatoms. The van der Waals surface area contributed by atoms with Gasteiger partial charge in [0.25, 0.3) is 0 Å². The van der Waals surface area contributed by atoms with Gasteiger partial charge in [-0.1, -0.05) is 74.5 Å². The zero-order chi connectivity index (χ0) is 29.4. The van der Waals surface area contributed by atoms with Crippen molar-refractivity contribution in [2.75, 3.05) is 4.90 Å². The van der Waals surface area contributed by atoms with Crippen molar-refractivity contribution >= 4 is 59.7 Å². The molecule has 210 valence electrons. The summed E-state index contributed by atoms with van der Waals surface area (Å²) in [4.78, 5) is 7.26. The van der Waals surface area contributed by atoms with E-state index in [0.717, 1.165) is 33.7 Å². The highest BCUT2D eigenvalue weighted by atomic mass is 32.1. The van der Waals surface area contributed by atoms with Gasteiger partial charge in [0.1, 0.15) is 5.52 Å². The van der Waals surface area contributed by atoms with Crippen LogP contribution in [-0.2, 0) is 5.41 Å². The van der Waals surface area contributed by atoms with Gasteiger partial charge >= 0.3 is 0 Å². The number of rotatable bonds is 4. The molecule has 0 radical (unpaired) electrons. The van der Waals surface area contributed by atoms with Crippen molar-refractivity contribution in [3.05, 3.63) is 145 Å². The Kier molecular flexibility index (Phi) is 5.41. The van der Waals surface area contributed by atoms with Crippen LogP contribution in [0.3, 0.4) is 0 Å². The van der Waals surface area contributed by atoms with Crippen LogP contribution in [0.1, 0.15) is 25.0 Å². The van der Waals surface area contributed by atoms with Gasteiger partial charge in [-0.2, -0.15) is 0 Å². The highest BCUT2D eigenvalue weighted by molar-refractivity contribution is 7.25. The third kappa shape index (κ3) is 3.78. The molecule has 0 saturated heterocycles. The van der Waals surface area contributed by atoms with E-state index in [0.29, 0.717) is 5.89 Å². The Bertz CT molecular complexity index is 2370. The fraction of sp³-hybridized carbons (Fsp3) is 0.0750. The summed E-state index contributed by atoms with van der Waals surface area (Å²) in [6.45, 7) is 4.64. The molecule has 2 aromatic heterocycles. The van der Waals surface area contributed by atoms with Crippen molar-refractivity contribution in [2.45, 2.75) is 19.3 Å². The van der Waals surface area contributed by atoms with Gasteiger partial charge in [-0.15, -0.1) is 11.3 Å². The normalized spacial score (nSPS) is 13.4. The second-order valence-electron chi connectivity index (χ2n) is 12.1. The molecular formula is C40H28N2OS. The van der Waals surface area contributed by atoms with Crippen molar-refractivity contribution in [3.8, 4) is 22.6 Å². The van der Waals surface area contributed by atoms with Gasteiger partial charge in [-0.25, -0.2) is 4.98 Å². The molecular weight excluding hydrogens is 557 g/mol. The molecule has 44 heavy (non-hydrogen) atoms. The predicted octanol–water partition coefficient (Wildman–Crippen LogP) is 11.6. The molecule has 2 heterocycles. The summed E-state index contributed by atoms with van der Waals surface area (Å²) < 4.78 is 8.91. The molecule has 8 aromatic rings. The molecule has 0 N–H and O–H groups in total. The standard InChI is InChI=1S/C40H28N2OS/c1-40(2)33-22-28(17-19-29(33)31-23-36-35(24-34(31)40)41-39(43-36)25-11-5-3-6-12-25)42(26-13-7-4-8-14-26)27-18-20-38-32(21-27)30-15-9-10-16-37(30)44-38/h3-24H,1-2H3. The number of aromatic nitrogens is 1. The second-order valence-corrected chi connectivity index (χ2v) is 13.1. The quantitative estimate of drug-likeness (QED) is 0.206. The van der Waals surface area contributed by atoms with Crippen LogP contribution in [0.25, 0.3) is 53.9 Å². The summed E-state index contributed by atoms with van der Waals surface area (Å²) >= 11 is 1.85. The van der Waals surface area contributed by atoms with Gasteiger partial charge in [0.2, 0.25) is 5.89 Å². The number of hydrogen-bond acceptors (Lipinski definition) is 4. The molecule has 0 aliphatic heterocycles. The van der Waals surface area contributed by atoms with Gasteiger partial charge in [0, 0.05) is 48.2 Å². The van der Waals surface area contributed by atoms with Gasteiger partial charge < -0.3 is 9.32 Å². The zero-order valence-electron chi connectivity index (χ0n) is 24.4. The van der Waals surface area contributed by atoms with E-state index in [1.807, 2.05) is 41.7 Å². The lowest BCUT2D eigenvalue weighted by molar-refractivity contribution is 0.619. The molecule has 6 aromatic carbocycles. The van der Waals surface area contributed by atoms with Crippen molar-refractivity contribution in [1.29, 1.82) is 0 Å². The summed E-state index contributed by atoms with van der Waals surface area (Å²) in [5, 5.41) is 2.60. The monoisotopic (exact) mass is 584 g/mol. The van der Waals surface area contributed by atoms with E-state index >= 15 is 0 Å². The SMILES string of the molecule is CC1(C)c2cc(N(c3ccccc3)c3ccc4sc5ccccc5c4c3)ccc2-c2cc3oc(-c4ccccc4)nc3cc21. The van der Waals surface area contributed by atoms with Crippen LogP contribution in [0.5, 0.6) is 0 Å². The van der Waals surface area contributed by atoms with Crippen LogP contribution >= 0.6 is 11.3 Å². The van der Waals surface area contributed by atoms with Crippen LogP contribution < -0.4 is 4.90 Å². The number of para-hydroxylation sites is 1. The first kappa shape index (κ1) is 25.3. The maximum atomic E-state index is 6.28. The minimum Gasteiger partial charge on any atom is -0.436 e. The molecule has 9 rings (SSSR count). The van der Waals surface area contributed by atoms with E-state index in [2.05, 4.69) is 122 Å². The summed E-state index contributed by atoms with van der Waals surface area (Å²) in [5.41, 5.74) is 11.0. The van der Waals surface area contributed by atoms with Crippen molar-refractivity contribution in [1.82, 2.24) is 4.98 Å². The van der Waals surface area contributed by atoms with Crippen LogP contribution in [0.4, 0.5) is 17.1 Å². The molecule has 0 unspecified atom stereocenters. The summed E-state index contributed by atoms with van der Waals surface area (Å²) in [7, 11) is 0. The fourth-order valence-corrected chi connectivity index (χ4v) is 7.95. The van der Waals surface area contributed by atoms with E-state index < -0.39 is 0 Å². The smallest absolute Gasteiger partial charge is 0.227 e. The predicted molar refractivity (Wildman–Crippen MR) is 185 cm³/mol. The zero-order valence-corrected chi connectivity index (χ0v) is 25.2. The number of oxazole rings is 1. The maximum Gasteiger partial charge on any atom is 0.227 e. The Morgan fingerprint density at radius 1 is 0.591 bits per heavy atom. The lowest BCUT2D eigenvalue weighted by Crippen LogP contribution is -2.16. The molecule has 0 spiro atoms. The average Bonchev–Trinajstić information content (AvgIpc) is 3.72. The van der Waals surface area contributed by atoms with Gasteiger partial charge in [-0.05, 0) is 95.1 Å². The van der Waals surface area contributed by atoms with Gasteiger partial charge in [0.15, 0.2) is 5.58 Å². The molecule has 3 nitrogen and oxygen atoms in total. The van der Waals surface area contributed by atoms with E-state index in [1.165, 1.54) is 42.4 Å². The number of benzene rings is 6. The third-order valence-corrected chi connectivity index (χ3v) is 10.2. The minimum absolute atomic E-state index is 0.198. The van der Waals surface area contributed by atoms with Crippen LogP contribution in [0.15, 0.2) is 138 Å². The number of thiophene rings is 1. The highest BCUT2D eigenvalue weighted by Crippen LogP contribution is 2.52. The first-order chi connectivity index (χ1) is 21.5. The molecule has 1 aliphatic rings. The number of nitrogens with zero attached hydrogens (tertiary/aromatic N) is 2. The molecule has 0 atom stereocenters. The first-order valence-electron chi connectivity index (χ1n) is 15.0. The fourth-order valence-electron chi connectivity index (χ4n) is 6.86. The Morgan fingerprint density at radius 2 is 1.27 bits per heavy atom. The summed E-state index contributed by atoms with van der Waals surface area (Å²) in [6, 6.07) is 47.7. The molecule has 0 amide bonds. The Balaban J connectivity index is 1.19. The number of fused-ring (bicyclic) bond motifs is 7. The van der Waals surface area contributed by atoms with E-state index in [1.54, 1.807) is 0 Å². The first-order valence-corrected chi connectivity index (χ1v) is 15.8. The summed E-state index contributed by atoms with van der Waals surface area (Å²) in [6.07, 6.45) is 0. The molecule has 0 bridgehead atoms. The van der Waals surface area contributed by atoms with E-state index in [4.69, 9.17) is 9.40 Å². The highest BCUT2D eigenvalue weighted by Gasteiger charge is 2.37. The minimum atomic E-state index is -0.198. The lowest BCUT2D eigenvalue weighted by Gasteiger charge is -2.28. The third-order valence-electron chi connectivity index (χ3n) is 9.08. The van der Waals surface area contributed by atoms with Crippen LogP contribution in [-0.4, -0.2) is 4.98 Å². The Morgan fingerprint density at radius 3 is 2.11 bits per heavy atom. The Labute approximate surface area is 259 Å². The van der Waals surface area contributed by atoms with Crippen molar-refractivity contribution in [3.63, 3.8) is 0 Å². The topological polar surface area (TPSA) is 29.3 Å². The van der Waals surface area contributed by atoms with E-state index in [-0.39, 0.29) is 5.41 Å². The number of anilines is 3. The van der Waals surface area contributed by atoms with Crippen molar-refractivity contribution in [2.24, 2.45) is 0 Å². The maximum absolute atomic E-state index is 6.28. The van der Waals surface area contributed by atoms with Crippen molar-refractivity contribution < 1.29 is 4.42 Å². The lowest BCUT2D eigenvalue weighted by atomic mass is 9.82. The largest absolute Gasteiger partial charge is 0.436 e. The van der Waals surface area contributed by atoms with Crippen LogP contribution in [0, 0.1) is 0 Å². The van der Waals surface area contributed by atoms with Gasteiger partial charge in [-0.3, -0.25) is 0 Å². The van der Waals surface area contributed by atoms with E-state index in [9.17, 15) is 0 Å². The summed E-state index contributed by atoms with van der Waals surface area (Å²) in [5.74, 6) is 0.659. The van der Waals surface area contributed by atoms with Gasteiger partial charge in [0.05, 0.1) is 0 Å². The van der Waals surface area contributed by atoms with Crippen LogP contribution in [0.2, 0.25) is 0 Å². The average molecular weight is 585 g/mol. The Hall–Kier alpha value is -5.19. The molecule has 0 saturated carbocycles. The molecule has 1 aliphatic carbocycles. The second kappa shape index (κ2) is 9.40. The molecule has 0 fully saturated rings. The number of hydrogen-bond donors (Lipinski definition) is 0.